The third kappa shape index (κ3) is 4.95. The van der Waals surface area contributed by atoms with Crippen molar-refractivity contribution in [1.82, 2.24) is 4.98 Å². The van der Waals surface area contributed by atoms with Gasteiger partial charge >= 0.3 is 5.97 Å². The number of methoxy groups -OCH3 is 1. The molecule has 1 aromatic heterocycles. The molecular weight excluding hydrogens is 373 g/mol. The topological polar surface area (TPSA) is 77.9 Å². The Kier molecular flexibility index (Phi) is 5.87. The number of hydrogen-bond donors (Lipinski definition) is 1. The number of phenolic OH excluding ortho intramolecular Hbond substituents is 1. The maximum Gasteiger partial charge on any atom is 0.342 e. The van der Waals surface area contributed by atoms with Crippen LogP contribution in [0.25, 0.3) is 0 Å². The van der Waals surface area contributed by atoms with Crippen molar-refractivity contribution in [2.45, 2.75) is 13.2 Å². The number of aromatic hydroxyl groups is 1. The van der Waals surface area contributed by atoms with Gasteiger partial charge in [-0.1, -0.05) is 0 Å². The van der Waals surface area contributed by atoms with Gasteiger partial charge in [0.2, 0.25) is 0 Å². The first-order valence-electron chi connectivity index (χ1n) is 7.91. The van der Waals surface area contributed by atoms with Crippen molar-refractivity contribution < 1.29 is 28.5 Å². The van der Waals surface area contributed by atoms with Gasteiger partial charge in [0, 0.05) is 11.4 Å². The summed E-state index contributed by atoms with van der Waals surface area (Å²) in [7, 11) is 1.46. The van der Waals surface area contributed by atoms with Gasteiger partial charge in [0.25, 0.3) is 0 Å². The lowest BCUT2D eigenvalue weighted by molar-refractivity contribution is 0.0465. The summed E-state index contributed by atoms with van der Waals surface area (Å²) in [5, 5.41) is 12.3. The highest BCUT2D eigenvalue weighted by atomic mass is 32.1. The van der Waals surface area contributed by atoms with Crippen molar-refractivity contribution in [3.05, 3.63) is 69.9 Å². The van der Waals surface area contributed by atoms with Crippen molar-refractivity contribution in [2.24, 2.45) is 0 Å². The summed E-state index contributed by atoms with van der Waals surface area (Å²) in [6, 6.07) is 10.0. The monoisotopic (exact) mass is 389 g/mol. The SMILES string of the molecule is COc1ccc(C(=O)OCc2csc(COc3ccc(F)cc3)n2)c(O)c1. The highest BCUT2D eigenvalue weighted by Crippen LogP contribution is 2.24. The van der Waals surface area contributed by atoms with Crippen molar-refractivity contribution in [3.63, 3.8) is 0 Å². The van der Waals surface area contributed by atoms with Crippen LogP contribution < -0.4 is 9.47 Å². The molecule has 27 heavy (non-hydrogen) atoms. The van der Waals surface area contributed by atoms with Gasteiger partial charge in [0.15, 0.2) is 0 Å². The molecule has 8 heteroatoms. The lowest BCUT2D eigenvalue weighted by atomic mass is 10.2. The molecule has 0 unspecified atom stereocenters. The van der Waals surface area contributed by atoms with Crippen LogP contribution >= 0.6 is 11.3 Å². The number of aromatic nitrogens is 1. The molecule has 2 aromatic carbocycles. The molecule has 6 nitrogen and oxygen atoms in total. The van der Waals surface area contributed by atoms with Gasteiger partial charge in [-0.25, -0.2) is 14.2 Å². The predicted molar refractivity (Wildman–Crippen MR) is 96.6 cm³/mol. The number of phenols is 1. The van der Waals surface area contributed by atoms with E-state index in [1.807, 2.05) is 0 Å². The fraction of sp³-hybridized carbons (Fsp3) is 0.158. The minimum absolute atomic E-state index is 0.0304. The molecule has 0 saturated carbocycles. The van der Waals surface area contributed by atoms with Crippen molar-refractivity contribution >= 4 is 17.3 Å². The molecule has 3 rings (SSSR count). The summed E-state index contributed by atoms with van der Waals surface area (Å²) < 4.78 is 28.5. The number of ether oxygens (including phenoxy) is 3. The molecule has 140 valence electrons. The van der Waals surface area contributed by atoms with E-state index in [-0.39, 0.29) is 30.3 Å². The van der Waals surface area contributed by atoms with Gasteiger partial charge < -0.3 is 19.3 Å². The number of carbonyl (C=O) groups is 1. The maximum absolute atomic E-state index is 12.9. The van der Waals surface area contributed by atoms with E-state index in [4.69, 9.17) is 14.2 Å². The fourth-order valence-corrected chi connectivity index (χ4v) is 2.88. The Morgan fingerprint density at radius 3 is 2.59 bits per heavy atom. The number of benzene rings is 2. The maximum atomic E-state index is 12.9. The van der Waals surface area contributed by atoms with Gasteiger partial charge in [-0.05, 0) is 36.4 Å². The number of nitrogens with zero attached hydrogens (tertiary/aromatic N) is 1. The van der Waals surface area contributed by atoms with Crippen LogP contribution in [0.1, 0.15) is 21.1 Å². The number of rotatable bonds is 7. The molecule has 0 saturated heterocycles. The van der Waals surface area contributed by atoms with Crippen LogP contribution in [0.2, 0.25) is 0 Å². The molecule has 0 aliphatic carbocycles. The van der Waals surface area contributed by atoms with E-state index in [2.05, 4.69) is 4.98 Å². The number of esters is 1. The number of hydrogen-bond acceptors (Lipinski definition) is 7. The van der Waals surface area contributed by atoms with Crippen molar-refractivity contribution in [2.75, 3.05) is 7.11 Å². The first-order chi connectivity index (χ1) is 13.0. The Hall–Kier alpha value is -3.13. The molecule has 0 atom stereocenters. The molecule has 0 radical (unpaired) electrons. The predicted octanol–water partition coefficient (Wildman–Crippen LogP) is 3.93. The second-order valence-corrected chi connectivity index (χ2v) is 6.38. The molecule has 0 bridgehead atoms. The van der Waals surface area contributed by atoms with Gasteiger partial charge in [-0.3, -0.25) is 0 Å². The Morgan fingerprint density at radius 1 is 1.15 bits per heavy atom. The van der Waals surface area contributed by atoms with Gasteiger partial charge in [0.05, 0.1) is 12.8 Å². The molecule has 3 aromatic rings. The Labute approximate surface area is 158 Å². The number of carbonyl (C=O) groups excluding carboxylic acids is 1. The summed E-state index contributed by atoms with van der Waals surface area (Å²) in [5.74, 6) is -0.231. The first-order valence-corrected chi connectivity index (χ1v) is 8.79. The summed E-state index contributed by atoms with van der Waals surface area (Å²) in [5.41, 5.74) is 0.616. The molecule has 0 amide bonds. The van der Waals surface area contributed by atoms with E-state index < -0.39 is 5.97 Å². The third-order valence-corrected chi connectivity index (χ3v) is 4.42. The lowest BCUT2D eigenvalue weighted by Crippen LogP contribution is -2.06. The van der Waals surface area contributed by atoms with Crippen LogP contribution in [0.5, 0.6) is 17.2 Å². The average Bonchev–Trinajstić information content (AvgIpc) is 3.13. The molecule has 1 heterocycles. The molecule has 0 aliphatic rings. The Bertz CT molecular complexity index is 926. The van der Waals surface area contributed by atoms with E-state index in [0.717, 1.165) is 0 Å². The summed E-state index contributed by atoms with van der Waals surface area (Å²) >= 11 is 1.36. The first kappa shape index (κ1) is 18.7. The zero-order valence-electron chi connectivity index (χ0n) is 14.3. The van der Waals surface area contributed by atoms with Gasteiger partial charge in [-0.15, -0.1) is 11.3 Å². The molecular formula is C19H16FNO5S. The Balaban J connectivity index is 1.53. The van der Waals surface area contributed by atoms with E-state index >= 15 is 0 Å². The van der Waals surface area contributed by atoms with Crippen LogP contribution in [0.3, 0.4) is 0 Å². The molecule has 0 spiro atoms. The zero-order chi connectivity index (χ0) is 19.2. The smallest absolute Gasteiger partial charge is 0.342 e. The number of halogens is 1. The van der Waals surface area contributed by atoms with E-state index in [1.54, 1.807) is 11.4 Å². The lowest BCUT2D eigenvalue weighted by Gasteiger charge is -2.06. The van der Waals surface area contributed by atoms with E-state index in [1.165, 1.54) is 54.8 Å². The van der Waals surface area contributed by atoms with Crippen molar-refractivity contribution in [3.8, 4) is 17.2 Å². The summed E-state index contributed by atoms with van der Waals surface area (Å²) in [6.45, 7) is 0.195. The minimum atomic E-state index is -0.660. The largest absolute Gasteiger partial charge is 0.507 e. The normalized spacial score (nSPS) is 10.4. The van der Waals surface area contributed by atoms with Gasteiger partial charge in [0.1, 0.15) is 46.9 Å². The van der Waals surface area contributed by atoms with Crippen molar-refractivity contribution in [1.29, 1.82) is 0 Å². The van der Waals surface area contributed by atoms with Crippen LogP contribution in [0.15, 0.2) is 47.8 Å². The number of thiazole rings is 1. The molecule has 1 N–H and O–H groups in total. The quantitative estimate of drug-likeness (QED) is 0.617. The average molecular weight is 389 g/mol. The van der Waals surface area contributed by atoms with Crippen LogP contribution in [0.4, 0.5) is 4.39 Å². The van der Waals surface area contributed by atoms with E-state index in [9.17, 15) is 14.3 Å². The highest BCUT2D eigenvalue weighted by molar-refractivity contribution is 7.09. The van der Waals surface area contributed by atoms with Crippen LogP contribution in [-0.2, 0) is 18.0 Å². The van der Waals surface area contributed by atoms with Crippen LogP contribution in [0, 0.1) is 5.82 Å². The highest BCUT2D eigenvalue weighted by Gasteiger charge is 2.14. The zero-order valence-corrected chi connectivity index (χ0v) is 15.2. The van der Waals surface area contributed by atoms with Crippen LogP contribution in [-0.4, -0.2) is 23.2 Å². The summed E-state index contributed by atoms with van der Waals surface area (Å²) in [6.07, 6.45) is 0. The molecule has 0 aliphatic heterocycles. The Morgan fingerprint density at radius 2 is 1.89 bits per heavy atom. The standard InChI is InChI=1S/C19H16FNO5S/c1-24-15-6-7-16(17(22)8-15)19(23)26-9-13-11-27-18(21-13)10-25-14-4-2-12(20)3-5-14/h2-8,11,22H,9-10H2,1H3. The van der Waals surface area contributed by atoms with E-state index in [0.29, 0.717) is 22.2 Å². The third-order valence-electron chi connectivity index (χ3n) is 3.55. The second-order valence-electron chi connectivity index (χ2n) is 5.43. The van der Waals surface area contributed by atoms with Gasteiger partial charge in [-0.2, -0.15) is 0 Å². The molecule has 0 fully saturated rings. The minimum Gasteiger partial charge on any atom is -0.507 e. The second kappa shape index (κ2) is 8.50. The fourth-order valence-electron chi connectivity index (χ4n) is 2.19. The summed E-state index contributed by atoms with van der Waals surface area (Å²) in [4.78, 5) is 16.4.